The van der Waals surface area contributed by atoms with Crippen LogP contribution in [-0.4, -0.2) is 22.9 Å². The number of rotatable bonds is 5. The van der Waals surface area contributed by atoms with E-state index in [9.17, 15) is 0 Å². The lowest BCUT2D eigenvalue weighted by atomic mass is 10.1. The van der Waals surface area contributed by atoms with Gasteiger partial charge >= 0.3 is 0 Å². The first-order chi connectivity index (χ1) is 12.4. The van der Waals surface area contributed by atoms with Gasteiger partial charge in [-0.05, 0) is 49.2 Å². The molecule has 128 valence electrons. The maximum atomic E-state index is 5.86. The molecular weight excluding hydrogens is 310 g/mol. The molecule has 0 bridgehead atoms. The lowest BCUT2D eigenvalue weighted by molar-refractivity contribution is 0.306. The highest BCUT2D eigenvalue weighted by Crippen LogP contribution is 2.25. The number of benzene rings is 2. The topological polar surface area (TPSA) is 39.1 Å². The van der Waals surface area contributed by atoms with Gasteiger partial charge in [0.05, 0.1) is 12.2 Å². The van der Waals surface area contributed by atoms with Crippen molar-refractivity contribution in [2.24, 2.45) is 0 Å². The molecule has 0 atom stereocenters. The predicted octanol–water partition coefficient (Wildman–Crippen LogP) is 4.05. The van der Waals surface area contributed by atoms with Crippen molar-refractivity contribution in [3.05, 3.63) is 72.6 Å². The van der Waals surface area contributed by atoms with Crippen molar-refractivity contribution in [1.82, 2.24) is 15.1 Å². The van der Waals surface area contributed by atoms with Crippen molar-refractivity contribution >= 4 is 0 Å². The maximum absolute atomic E-state index is 5.86. The van der Waals surface area contributed by atoms with Gasteiger partial charge in [0.15, 0.2) is 0 Å². The molecule has 1 saturated heterocycles. The molecule has 0 aliphatic carbocycles. The molecule has 4 rings (SSSR count). The Morgan fingerprint density at radius 3 is 2.48 bits per heavy atom. The number of nitrogens with zero attached hydrogens (tertiary/aromatic N) is 2. The Morgan fingerprint density at radius 2 is 1.72 bits per heavy atom. The summed E-state index contributed by atoms with van der Waals surface area (Å²) in [5.74, 6) is 0.887. The Balaban J connectivity index is 1.40. The van der Waals surface area contributed by atoms with E-state index in [-0.39, 0.29) is 0 Å². The van der Waals surface area contributed by atoms with Crippen LogP contribution in [0.1, 0.15) is 24.4 Å². The number of piperidine rings is 1. The van der Waals surface area contributed by atoms with E-state index in [1.807, 2.05) is 36.5 Å². The van der Waals surface area contributed by atoms with Crippen LogP contribution in [0, 0.1) is 0 Å². The van der Waals surface area contributed by atoms with Gasteiger partial charge in [0.1, 0.15) is 12.4 Å². The molecule has 1 fully saturated rings. The molecule has 1 aromatic heterocycles. The molecule has 3 aromatic rings. The summed E-state index contributed by atoms with van der Waals surface area (Å²) in [6.45, 7) is 2.74. The summed E-state index contributed by atoms with van der Waals surface area (Å²) in [6, 6.07) is 19.0. The highest BCUT2D eigenvalue weighted by Gasteiger charge is 2.15. The first kappa shape index (κ1) is 15.9. The second kappa shape index (κ2) is 7.53. The predicted molar refractivity (Wildman–Crippen MR) is 99.6 cm³/mol. The van der Waals surface area contributed by atoms with Gasteiger partial charge in [-0.3, -0.25) is 4.68 Å². The fourth-order valence-corrected chi connectivity index (χ4v) is 3.24. The van der Waals surface area contributed by atoms with Crippen LogP contribution in [0.25, 0.3) is 11.1 Å². The lowest BCUT2D eigenvalue weighted by Crippen LogP contribution is -2.29. The molecular formula is C21H23N3O. The van der Waals surface area contributed by atoms with E-state index in [1.54, 1.807) is 0 Å². The second-order valence-electron chi connectivity index (χ2n) is 6.49. The molecule has 1 aliphatic rings. The molecule has 2 aromatic carbocycles. The van der Waals surface area contributed by atoms with Crippen molar-refractivity contribution < 1.29 is 4.74 Å². The zero-order valence-corrected chi connectivity index (χ0v) is 14.3. The highest BCUT2D eigenvalue weighted by atomic mass is 16.5. The zero-order valence-electron chi connectivity index (χ0n) is 14.3. The van der Waals surface area contributed by atoms with E-state index in [0.29, 0.717) is 12.6 Å². The molecule has 0 spiro atoms. The number of ether oxygens (including phenoxy) is 1. The van der Waals surface area contributed by atoms with Crippen LogP contribution in [-0.2, 0) is 6.61 Å². The van der Waals surface area contributed by atoms with E-state index in [1.165, 1.54) is 11.1 Å². The van der Waals surface area contributed by atoms with Gasteiger partial charge in [-0.15, -0.1) is 0 Å². The van der Waals surface area contributed by atoms with E-state index in [4.69, 9.17) is 4.74 Å². The van der Waals surface area contributed by atoms with Crippen molar-refractivity contribution in [2.45, 2.75) is 25.5 Å². The van der Waals surface area contributed by atoms with E-state index < -0.39 is 0 Å². The summed E-state index contributed by atoms with van der Waals surface area (Å²) in [5, 5.41) is 7.97. The standard InChI is InChI=1S/C21H23N3O/c1-2-4-17(5-3-1)16-25-21-8-6-18(7-9-21)19-14-23-24(15-19)20-10-12-22-13-11-20/h1-9,14-15,20,22H,10-13,16H2. The van der Waals surface area contributed by atoms with Crippen LogP contribution in [0.15, 0.2) is 67.0 Å². The van der Waals surface area contributed by atoms with Gasteiger partial charge in [-0.2, -0.15) is 5.10 Å². The van der Waals surface area contributed by atoms with Crippen molar-refractivity contribution in [2.75, 3.05) is 13.1 Å². The zero-order chi connectivity index (χ0) is 16.9. The molecule has 25 heavy (non-hydrogen) atoms. The van der Waals surface area contributed by atoms with Gasteiger partial charge in [0.2, 0.25) is 0 Å². The number of hydrogen-bond donors (Lipinski definition) is 1. The SMILES string of the molecule is c1ccc(COc2ccc(-c3cnn(C4CCNCC4)c3)cc2)cc1. The van der Waals surface area contributed by atoms with Crippen molar-refractivity contribution in [3.63, 3.8) is 0 Å². The molecule has 0 saturated carbocycles. The molecule has 0 amide bonds. The Kier molecular flexibility index (Phi) is 4.79. The van der Waals surface area contributed by atoms with Gasteiger partial charge < -0.3 is 10.1 Å². The van der Waals surface area contributed by atoms with Crippen molar-refractivity contribution in [1.29, 1.82) is 0 Å². The first-order valence-electron chi connectivity index (χ1n) is 8.90. The first-order valence-corrected chi connectivity index (χ1v) is 8.90. The largest absolute Gasteiger partial charge is 0.489 e. The van der Waals surface area contributed by atoms with Crippen LogP contribution in [0.4, 0.5) is 0 Å². The number of aromatic nitrogens is 2. The molecule has 2 heterocycles. The van der Waals surface area contributed by atoms with E-state index in [2.05, 4.69) is 45.6 Å². The van der Waals surface area contributed by atoms with Gasteiger partial charge in [-0.1, -0.05) is 42.5 Å². The Bertz CT molecular complexity index is 790. The summed E-state index contributed by atoms with van der Waals surface area (Å²) in [6.07, 6.45) is 6.42. The molecule has 4 heteroatoms. The second-order valence-corrected chi connectivity index (χ2v) is 6.49. The fraction of sp³-hybridized carbons (Fsp3) is 0.286. The van der Waals surface area contributed by atoms with E-state index in [0.717, 1.165) is 37.2 Å². The highest BCUT2D eigenvalue weighted by molar-refractivity contribution is 5.62. The minimum Gasteiger partial charge on any atom is -0.489 e. The lowest BCUT2D eigenvalue weighted by Gasteiger charge is -2.22. The Hall–Kier alpha value is -2.59. The van der Waals surface area contributed by atoms with Gasteiger partial charge in [0, 0.05) is 11.8 Å². The third-order valence-electron chi connectivity index (χ3n) is 4.72. The van der Waals surface area contributed by atoms with Crippen molar-refractivity contribution in [3.8, 4) is 16.9 Å². The van der Waals surface area contributed by atoms with E-state index >= 15 is 0 Å². The Morgan fingerprint density at radius 1 is 0.960 bits per heavy atom. The molecule has 0 unspecified atom stereocenters. The Labute approximate surface area is 148 Å². The third kappa shape index (κ3) is 3.91. The average Bonchev–Trinajstić information content (AvgIpc) is 3.19. The number of hydrogen-bond acceptors (Lipinski definition) is 3. The fourth-order valence-electron chi connectivity index (χ4n) is 3.24. The van der Waals surface area contributed by atoms with Crippen LogP contribution in [0.3, 0.4) is 0 Å². The summed E-state index contributed by atoms with van der Waals surface area (Å²) in [7, 11) is 0. The molecule has 1 N–H and O–H groups in total. The minimum absolute atomic E-state index is 0.517. The minimum atomic E-state index is 0.517. The van der Waals surface area contributed by atoms with Gasteiger partial charge in [-0.25, -0.2) is 0 Å². The normalized spacial score (nSPS) is 15.2. The number of nitrogens with one attached hydrogen (secondary N) is 1. The quantitative estimate of drug-likeness (QED) is 0.765. The summed E-state index contributed by atoms with van der Waals surface area (Å²) >= 11 is 0. The monoisotopic (exact) mass is 333 g/mol. The van der Waals surface area contributed by atoms with Crippen LogP contribution in [0.5, 0.6) is 5.75 Å². The van der Waals surface area contributed by atoms with Crippen LogP contribution in [0.2, 0.25) is 0 Å². The maximum Gasteiger partial charge on any atom is 0.119 e. The van der Waals surface area contributed by atoms with Crippen LogP contribution < -0.4 is 10.1 Å². The molecule has 1 aliphatic heterocycles. The average molecular weight is 333 g/mol. The van der Waals surface area contributed by atoms with Crippen LogP contribution >= 0.6 is 0 Å². The summed E-state index contributed by atoms with van der Waals surface area (Å²) < 4.78 is 7.98. The summed E-state index contributed by atoms with van der Waals surface area (Å²) in [5.41, 5.74) is 3.51. The molecule has 4 nitrogen and oxygen atoms in total. The smallest absolute Gasteiger partial charge is 0.119 e. The van der Waals surface area contributed by atoms with Gasteiger partial charge in [0.25, 0.3) is 0 Å². The molecule has 0 radical (unpaired) electrons. The summed E-state index contributed by atoms with van der Waals surface area (Å²) in [4.78, 5) is 0. The third-order valence-corrected chi connectivity index (χ3v) is 4.72.